The van der Waals surface area contributed by atoms with Crippen molar-refractivity contribution in [1.29, 1.82) is 0 Å². The van der Waals surface area contributed by atoms with Crippen molar-refractivity contribution in [2.45, 2.75) is 56.4 Å². The van der Waals surface area contributed by atoms with Gasteiger partial charge in [-0.1, -0.05) is 18.2 Å². The van der Waals surface area contributed by atoms with Crippen LogP contribution in [0.25, 0.3) is 11.1 Å². The molecule has 0 radical (unpaired) electrons. The molecule has 218 valence electrons. The number of ether oxygens (including phenoxy) is 2. The Morgan fingerprint density at radius 1 is 1.00 bits per heavy atom. The van der Waals surface area contributed by atoms with Crippen LogP contribution in [-0.2, 0) is 23.2 Å². The van der Waals surface area contributed by atoms with Crippen LogP contribution in [0.5, 0.6) is 11.5 Å². The van der Waals surface area contributed by atoms with E-state index in [4.69, 9.17) is 9.47 Å². The quantitative estimate of drug-likeness (QED) is 0.276. The minimum Gasteiger partial charge on any atom is -0.496 e. The monoisotopic (exact) mass is 581 g/mol. The van der Waals surface area contributed by atoms with E-state index in [-0.39, 0.29) is 41.3 Å². The summed E-state index contributed by atoms with van der Waals surface area (Å²) in [6, 6.07) is 8.12. The van der Waals surface area contributed by atoms with Gasteiger partial charge in [0.2, 0.25) is 5.82 Å². The van der Waals surface area contributed by atoms with E-state index in [2.05, 4.69) is 25.9 Å². The highest BCUT2D eigenvalue weighted by Gasteiger charge is 2.60. The van der Waals surface area contributed by atoms with E-state index in [1.165, 1.54) is 19.2 Å². The van der Waals surface area contributed by atoms with Crippen LogP contribution in [0, 0.1) is 0 Å². The van der Waals surface area contributed by atoms with Crippen molar-refractivity contribution in [3.05, 3.63) is 64.5 Å². The van der Waals surface area contributed by atoms with Crippen LogP contribution in [0.3, 0.4) is 0 Å². The number of aromatic nitrogens is 4. The first-order chi connectivity index (χ1) is 19.4. The van der Waals surface area contributed by atoms with Crippen molar-refractivity contribution in [2.75, 3.05) is 13.7 Å². The number of nitrogens with one attached hydrogen (secondary N) is 2. The van der Waals surface area contributed by atoms with Crippen LogP contribution in [-0.4, -0.2) is 52.6 Å². The number of methoxy groups -OCH3 is 1. The summed E-state index contributed by atoms with van der Waals surface area (Å²) in [6.45, 7) is -0.260. The second-order valence-corrected chi connectivity index (χ2v) is 9.84. The molecule has 1 unspecified atom stereocenters. The number of amides is 1. The molecule has 41 heavy (non-hydrogen) atoms. The number of hydrogen-bond acceptors (Lipinski definition) is 6. The van der Waals surface area contributed by atoms with Gasteiger partial charge in [-0.2, -0.15) is 31.6 Å². The maximum Gasteiger partial charge on any atom is 0.416 e. The van der Waals surface area contributed by atoms with Gasteiger partial charge in [-0.15, -0.1) is 10.2 Å². The zero-order chi connectivity index (χ0) is 29.4. The maximum atomic E-state index is 15.0. The number of nitrogens with zero attached hydrogens (tertiary/aromatic N) is 3. The smallest absolute Gasteiger partial charge is 0.416 e. The third-order valence-corrected chi connectivity index (χ3v) is 7.36. The Balaban J connectivity index is 1.56. The van der Waals surface area contributed by atoms with Crippen LogP contribution in [0.2, 0.25) is 0 Å². The lowest BCUT2D eigenvalue weighted by Crippen LogP contribution is -2.58. The Morgan fingerprint density at radius 2 is 1.73 bits per heavy atom. The van der Waals surface area contributed by atoms with Crippen molar-refractivity contribution in [1.82, 2.24) is 25.9 Å². The second kappa shape index (κ2) is 10.7. The van der Waals surface area contributed by atoms with E-state index < -0.39 is 36.6 Å². The molecule has 1 aliphatic carbocycles. The molecule has 0 spiro atoms. The second-order valence-electron chi connectivity index (χ2n) is 9.84. The van der Waals surface area contributed by atoms with Crippen molar-refractivity contribution in [2.24, 2.45) is 0 Å². The van der Waals surface area contributed by atoms with E-state index in [1.54, 1.807) is 12.1 Å². The lowest BCUT2D eigenvalue weighted by atomic mass is 9.75. The zero-order valence-corrected chi connectivity index (χ0v) is 21.7. The van der Waals surface area contributed by atoms with Gasteiger partial charge in [0.05, 0.1) is 19.3 Å². The molecule has 14 heteroatoms. The first kappa shape index (κ1) is 28.4. The number of rotatable bonds is 8. The molecule has 2 aromatic carbocycles. The molecule has 8 nitrogen and oxygen atoms in total. The summed E-state index contributed by atoms with van der Waals surface area (Å²) < 4.78 is 93.0. The zero-order valence-electron chi connectivity index (χ0n) is 21.7. The highest BCUT2D eigenvalue weighted by atomic mass is 19.4. The Hall–Kier alpha value is -4.10. The van der Waals surface area contributed by atoms with Gasteiger partial charge in [-0.3, -0.25) is 4.79 Å². The van der Waals surface area contributed by atoms with Crippen molar-refractivity contribution >= 4 is 17.1 Å². The minimum absolute atomic E-state index is 0.103. The fourth-order valence-electron chi connectivity index (χ4n) is 5.48. The van der Waals surface area contributed by atoms with E-state index in [9.17, 15) is 18.0 Å². The third kappa shape index (κ3) is 5.46. The van der Waals surface area contributed by atoms with Gasteiger partial charge < -0.3 is 14.8 Å². The molecule has 5 rings (SSSR count). The van der Waals surface area contributed by atoms with Crippen molar-refractivity contribution in [3.63, 3.8) is 0 Å². The first-order valence-electron chi connectivity index (χ1n) is 12.8. The van der Waals surface area contributed by atoms with Gasteiger partial charge in [0, 0.05) is 12.8 Å². The van der Waals surface area contributed by atoms with Gasteiger partial charge in [0.15, 0.2) is 5.54 Å². The van der Waals surface area contributed by atoms with Gasteiger partial charge in [0.1, 0.15) is 11.5 Å². The Labute approximate surface area is 230 Å². The Bertz CT molecular complexity index is 1450. The molecule has 1 amide bonds. The summed E-state index contributed by atoms with van der Waals surface area (Å²) in [4.78, 5) is 13.5. The van der Waals surface area contributed by atoms with Crippen LogP contribution in [0.4, 0.5) is 26.3 Å². The van der Waals surface area contributed by atoms with E-state index in [1.807, 2.05) is 0 Å². The van der Waals surface area contributed by atoms with Crippen molar-refractivity contribution < 1.29 is 40.6 Å². The summed E-state index contributed by atoms with van der Waals surface area (Å²) in [6.07, 6.45) is -9.24. The number of carbonyl (C=O) groups excluding carboxylic acids is 1. The van der Waals surface area contributed by atoms with Crippen LogP contribution in [0.15, 0.2) is 36.4 Å². The highest BCUT2D eigenvalue weighted by molar-refractivity contribution is 6.27. The lowest BCUT2D eigenvalue weighted by molar-refractivity contribution is -0.201. The molecule has 2 heterocycles. The summed E-state index contributed by atoms with van der Waals surface area (Å²) in [5.74, 6) is -0.443. The number of hydrogen-bond donors (Lipinski definition) is 2. The maximum absolute atomic E-state index is 15.0. The minimum atomic E-state index is -4.94. The Morgan fingerprint density at radius 3 is 2.37 bits per heavy atom. The molecule has 0 saturated heterocycles. The Kier molecular flexibility index (Phi) is 7.43. The fourth-order valence-corrected chi connectivity index (χ4v) is 5.48. The number of fused-ring (bicyclic) bond motifs is 1. The van der Waals surface area contributed by atoms with E-state index in [0.717, 1.165) is 29.7 Å². The average molecular weight is 582 g/mol. The molecule has 1 atom stereocenters. The third-order valence-electron chi connectivity index (χ3n) is 7.36. The molecule has 2 N–H and O–H groups in total. The first-order valence-corrected chi connectivity index (χ1v) is 12.8. The van der Waals surface area contributed by atoms with E-state index in [0.29, 0.717) is 24.2 Å². The number of tetrazole rings is 1. The molecule has 0 fully saturated rings. The molecule has 0 saturated carbocycles. The largest absolute Gasteiger partial charge is 0.496 e. The van der Waals surface area contributed by atoms with Crippen LogP contribution in [0.1, 0.15) is 53.8 Å². The van der Waals surface area contributed by atoms with Gasteiger partial charge in [-0.25, -0.2) is 0 Å². The number of alkyl halides is 6. The summed E-state index contributed by atoms with van der Waals surface area (Å²) in [5.41, 5.74) is -0.952. The molecule has 0 bridgehead atoms. The number of aromatic amines is 1. The van der Waals surface area contributed by atoms with Crippen molar-refractivity contribution in [3.8, 4) is 11.5 Å². The predicted octanol–water partition coefficient (Wildman–Crippen LogP) is 5.31. The summed E-state index contributed by atoms with van der Waals surface area (Å²) in [5, 5.41) is 15.7. The SMILES string of the molecule is COc1ccc(C2=C(c3nn[nH]n3)C(=O)NC(c3ccc(OCCCC(F)(F)F)cc3)(C(F)(F)F)C2)c2c1CCC2. The topological polar surface area (TPSA) is 102 Å². The normalized spacial score (nSPS) is 19.2. The number of carbonyl (C=O) groups is 1. The highest BCUT2D eigenvalue weighted by Crippen LogP contribution is 2.51. The van der Waals surface area contributed by atoms with Gasteiger partial charge >= 0.3 is 12.4 Å². The standard InChI is InChI=1S/C27H25F6N5O3/c1-40-21-11-10-18(17-4-2-5-19(17)21)20-14-25(27(31,32)33,34-24(39)22(20)23-35-37-38-36-23)15-6-8-16(9-7-15)41-13-3-12-26(28,29)30/h6-11H,2-5,12-14H2,1H3,(H,34,39)(H,35,36,37,38). The molecular weight excluding hydrogens is 556 g/mol. The lowest BCUT2D eigenvalue weighted by Gasteiger charge is -2.41. The van der Waals surface area contributed by atoms with Crippen LogP contribution >= 0.6 is 0 Å². The number of halogens is 6. The van der Waals surface area contributed by atoms with Crippen LogP contribution < -0.4 is 14.8 Å². The predicted molar refractivity (Wildman–Crippen MR) is 134 cm³/mol. The fraction of sp³-hybridized carbons (Fsp3) is 0.407. The summed E-state index contributed by atoms with van der Waals surface area (Å²) in [7, 11) is 1.52. The molecular formula is C27H25F6N5O3. The number of H-pyrrole nitrogens is 1. The molecule has 1 aliphatic heterocycles. The molecule has 2 aliphatic rings. The van der Waals surface area contributed by atoms with Gasteiger partial charge in [0.25, 0.3) is 5.91 Å². The average Bonchev–Trinajstić information content (AvgIpc) is 3.62. The van der Waals surface area contributed by atoms with E-state index >= 15 is 13.2 Å². The molecule has 1 aromatic heterocycles. The number of benzene rings is 2. The van der Waals surface area contributed by atoms with Gasteiger partial charge in [-0.05, 0) is 76.9 Å². The molecule has 3 aromatic rings. The summed E-state index contributed by atoms with van der Waals surface area (Å²) >= 11 is 0.